The fourth-order valence-corrected chi connectivity index (χ4v) is 5.69. The standard InChI is InChI=1S/C28H33ClN2O4S/c1-18(2)24-16-25(20(4)14-27(24)35-6)21(5)30-28(32)17-31(22-13-12-19(3)26(29)15-22)36(33,34)23-10-8-7-9-11-23/h7-16,18,21H,17H2,1-6H3,(H,30,32)/t21-/m0/s1. The van der Waals surface area contributed by atoms with Crippen LogP contribution in [0.2, 0.25) is 5.02 Å². The van der Waals surface area contributed by atoms with Gasteiger partial charge in [-0.25, -0.2) is 8.42 Å². The lowest BCUT2D eigenvalue weighted by atomic mass is 9.93. The van der Waals surface area contributed by atoms with Crippen molar-refractivity contribution < 1.29 is 17.9 Å². The number of aryl methyl sites for hydroxylation is 2. The number of hydrogen-bond donors (Lipinski definition) is 1. The summed E-state index contributed by atoms with van der Waals surface area (Å²) in [7, 11) is -2.37. The molecule has 0 unspecified atom stereocenters. The molecule has 1 N–H and O–H groups in total. The van der Waals surface area contributed by atoms with Crippen LogP contribution in [0.1, 0.15) is 55.0 Å². The fraction of sp³-hybridized carbons (Fsp3) is 0.321. The molecule has 192 valence electrons. The predicted molar refractivity (Wildman–Crippen MR) is 146 cm³/mol. The number of amides is 1. The summed E-state index contributed by atoms with van der Waals surface area (Å²) in [6.07, 6.45) is 0. The van der Waals surface area contributed by atoms with Gasteiger partial charge in [0.05, 0.1) is 23.7 Å². The number of benzene rings is 3. The van der Waals surface area contributed by atoms with E-state index in [2.05, 4.69) is 19.2 Å². The van der Waals surface area contributed by atoms with Crippen molar-refractivity contribution in [3.8, 4) is 5.75 Å². The molecule has 0 fully saturated rings. The summed E-state index contributed by atoms with van der Waals surface area (Å²) in [4.78, 5) is 13.3. The van der Waals surface area contributed by atoms with Gasteiger partial charge in [-0.05, 0) is 85.3 Å². The second-order valence-electron chi connectivity index (χ2n) is 9.15. The summed E-state index contributed by atoms with van der Waals surface area (Å²) in [6.45, 7) is 9.45. The molecule has 0 aliphatic rings. The van der Waals surface area contributed by atoms with Crippen LogP contribution < -0.4 is 14.4 Å². The molecule has 1 amide bonds. The summed E-state index contributed by atoms with van der Waals surface area (Å²) in [5, 5.41) is 3.39. The van der Waals surface area contributed by atoms with Crippen molar-refractivity contribution in [1.29, 1.82) is 0 Å². The summed E-state index contributed by atoms with van der Waals surface area (Å²) in [5.41, 5.74) is 4.10. The molecule has 0 aliphatic carbocycles. The molecule has 0 aliphatic heterocycles. The first kappa shape index (κ1) is 27.6. The van der Waals surface area contributed by atoms with Gasteiger partial charge in [-0.15, -0.1) is 0 Å². The number of rotatable bonds is 9. The average Bonchev–Trinajstić information content (AvgIpc) is 2.84. The quantitative estimate of drug-likeness (QED) is 0.361. The molecule has 0 radical (unpaired) electrons. The number of methoxy groups -OCH3 is 1. The molecule has 0 aromatic heterocycles. The van der Waals surface area contributed by atoms with Crippen LogP contribution >= 0.6 is 11.6 Å². The Morgan fingerprint density at radius 1 is 0.972 bits per heavy atom. The molecule has 0 saturated heterocycles. The van der Waals surface area contributed by atoms with E-state index in [4.69, 9.17) is 16.3 Å². The molecule has 3 aromatic rings. The smallest absolute Gasteiger partial charge is 0.264 e. The first-order valence-electron chi connectivity index (χ1n) is 11.8. The lowest BCUT2D eigenvalue weighted by molar-refractivity contribution is -0.120. The summed E-state index contributed by atoms with van der Waals surface area (Å²) in [5.74, 6) is 0.612. The molecule has 3 rings (SSSR count). The van der Waals surface area contributed by atoms with Crippen LogP contribution in [-0.2, 0) is 14.8 Å². The van der Waals surface area contributed by atoms with Gasteiger partial charge in [0.15, 0.2) is 0 Å². The molecule has 6 nitrogen and oxygen atoms in total. The number of halogens is 1. The number of carbonyl (C=O) groups is 1. The van der Waals surface area contributed by atoms with Gasteiger partial charge in [0.25, 0.3) is 10.0 Å². The van der Waals surface area contributed by atoms with Crippen molar-refractivity contribution in [2.45, 2.75) is 51.5 Å². The molecule has 36 heavy (non-hydrogen) atoms. The third-order valence-electron chi connectivity index (χ3n) is 6.15. The van der Waals surface area contributed by atoms with E-state index in [-0.39, 0.29) is 16.9 Å². The Morgan fingerprint density at radius 2 is 1.64 bits per heavy atom. The van der Waals surface area contributed by atoms with Crippen LogP contribution in [0, 0.1) is 13.8 Å². The van der Waals surface area contributed by atoms with Gasteiger partial charge in [0.1, 0.15) is 12.3 Å². The van der Waals surface area contributed by atoms with E-state index in [1.165, 1.54) is 12.1 Å². The van der Waals surface area contributed by atoms with Gasteiger partial charge >= 0.3 is 0 Å². The third-order valence-corrected chi connectivity index (χ3v) is 8.34. The zero-order valence-corrected chi connectivity index (χ0v) is 23.1. The Bertz CT molecular complexity index is 1340. The van der Waals surface area contributed by atoms with Crippen LogP contribution in [0.4, 0.5) is 5.69 Å². The zero-order chi connectivity index (χ0) is 26.6. The number of ether oxygens (including phenoxy) is 1. The molecule has 0 saturated carbocycles. The highest BCUT2D eigenvalue weighted by molar-refractivity contribution is 7.92. The van der Waals surface area contributed by atoms with E-state index in [0.717, 1.165) is 32.3 Å². The van der Waals surface area contributed by atoms with E-state index in [1.807, 2.05) is 32.9 Å². The minimum Gasteiger partial charge on any atom is -0.496 e. The normalized spacial score (nSPS) is 12.3. The average molecular weight is 529 g/mol. The molecular weight excluding hydrogens is 496 g/mol. The minimum atomic E-state index is -4.02. The summed E-state index contributed by atoms with van der Waals surface area (Å²) < 4.78 is 33.7. The van der Waals surface area contributed by atoms with Crippen LogP contribution in [0.25, 0.3) is 0 Å². The van der Waals surface area contributed by atoms with Crippen molar-refractivity contribution in [3.05, 3.63) is 87.9 Å². The van der Waals surface area contributed by atoms with E-state index >= 15 is 0 Å². The Kier molecular flexibility index (Phi) is 8.69. The van der Waals surface area contributed by atoms with E-state index in [1.54, 1.807) is 43.5 Å². The molecule has 1 atom stereocenters. The molecule has 3 aromatic carbocycles. The van der Waals surface area contributed by atoms with E-state index < -0.39 is 22.5 Å². The van der Waals surface area contributed by atoms with Crippen molar-refractivity contribution in [3.63, 3.8) is 0 Å². The SMILES string of the molecule is COc1cc(C)c([C@H](C)NC(=O)CN(c2ccc(C)c(Cl)c2)S(=O)(=O)c2ccccc2)cc1C(C)C. The molecule has 0 bridgehead atoms. The number of nitrogens with zero attached hydrogens (tertiary/aromatic N) is 1. The maximum absolute atomic E-state index is 13.6. The lowest BCUT2D eigenvalue weighted by Gasteiger charge is -2.26. The van der Waals surface area contributed by atoms with E-state index in [9.17, 15) is 13.2 Å². The van der Waals surface area contributed by atoms with Crippen molar-refractivity contribution in [2.24, 2.45) is 0 Å². The molecule has 0 heterocycles. The third kappa shape index (κ3) is 6.02. The van der Waals surface area contributed by atoms with Gasteiger partial charge in [0, 0.05) is 5.02 Å². The van der Waals surface area contributed by atoms with Crippen LogP contribution in [0.3, 0.4) is 0 Å². The van der Waals surface area contributed by atoms with Crippen LogP contribution in [0.15, 0.2) is 65.6 Å². The Labute approximate surface area is 219 Å². The van der Waals surface area contributed by atoms with Crippen LogP contribution in [-0.4, -0.2) is 28.0 Å². The van der Waals surface area contributed by atoms with Crippen molar-refractivity contribution in [2.75, 3.05) is 18.0 Å². The number of hydrogen-bond acceptors (Lipinski definition) is 4. The highest BCUT2D eigenvalue weighted by Gasteiger charge is 2.28. The van der Waals surface area contributed by atoms with E-state index in [0.29, 0.717) is 10.7 Å². The Balaban J connectivity index is 1.93. The second kappa shape index (κ2) is 11.4. The maximum atomic E-state index is 13.6. The Morgan fingerprint density at radius 3 is 2.22 bits per heavy atom. The fourth-order valence-electron chi connectivity index (χ4n) is 4.08. The van der Waals surface area contributed by atoms with Gasteiger partial charge in [-0.3, -0.25) is 9.10 Å². The second-order valence-corrected chi connectivity index (χ2v) is 11.4. The molecular formula is C28H33ClN2O4S. The van der Waals surface area contributed by atoms with Gasteiger partial charge in [0.2, 0.25) is 5.91 Å². The maximum Gasteiger partial charge on any atom is 0.264 e. The number of sulfonamides is 1. The molecule has 8 heteroatoms. The van der Waals surface area contributed by atoms with Gasteiger partial charge in [-0.2, -0.15) is 0 Å². The van der Waals surface area contributed by atoms with Crippen LogP contribution in [0.5, 0.6) is 5.75 Å². The predicted octanol–water partition coefficient (Wildman–Crippen LogP) is 6.16. The first-order chi connectivity index (χ1) is 16.9. The topological polar surface area (TPSA) is 75.7 Å². The minimum absolute atomic E-state index is 0.0927. The van der Waals surface area contributed by atoms with Gasteiger partial charge < -0.3 is 10.1 Å². The monoisotopic (exact) mass is 528 g/mol. The van der Waals surface area contributed by atoms with Crippen molar-refractivity contribution >= 4 is 33.2 Å². The summed E-state index contributed by atoms with van der Waals surface area (Å²) in [6, 6.07) is 16.7. The lowest BCUT2D eigenvalue weighted by Crippen LogP contribution is -2.41. The van der Waals surface area contributed by atoms with Crippen molar-refractivity contribution in [1.82, 2.24) is 5.32 Å². The first-order valence-corrected chi connectivity index (χ1v) is 13.6. The number of anilines is 1. The number of nitrogens with one attached hydrogen (secondary N) is 1. The largest absolute Gasteiger partial charge is 0.496 e. The summed E-state index contributed by atoms with van der Waals surface area (Å²) >= 11 is 6.31. The van der Waals surface area contributed by atoms with Gasteiger partial charge in [-0.1, -0.05) is 49.7 Å². The highest BCUT2D eigenvalue weighted by Crippen LogP contribution is 2.32. The zero-order valence-electron chi connectivity index (χ0n) is 21.5. The Hall–Kier alpha value is -3.03. The highest BCUT2D eigenvalue weighted by atomic mass is 35.5. The molecule has 0 spiro atoms. The number of carbonyl (C=O) groups excluding carboxylic acids is 1.